The van der Waals surface area contributed by atoms with Crippen molar-refractivity contribution in [3.05, 3.63) is 64.7 Å². The smallest absolute Gasteiger partial charge is 0.261 e. The summed E-state index contributed by atoms with van der Waals surface area (Å²) in [6, 6.07) is 14.1. The van der Waals surface area contributed by atoms with E-state index in [4.69, 9.17) is 4.74 Å². The maximum Gasteiger partial charge on any atom is 0.261 e. The van der Waals surface area contributed by atoms with E-state index in [9.17, 15) is 9.59 Å². The summed E-state index contributed by atoms with van der Waals surface area (Å²) < 4.78 is 6.02. The summed E-state index contributed by atoms with van der Waals surface area (Å²) in [4.78, 5) is 26.5. The van der Waals surface area contributed by atoms with E-state index in [0.29, 0.717) is 25.4 Å². The second-order valence-corrected chi connectivity index (χ2v) is 8.36. The fourth-order valence-electron chi connectivity index (χ4n) is 3.75. The molecule has 2 aromatic rings. The van der Waals surface area contributed by atoms with Crippen LogP contribution in [0.25, 0.3) is 0 Å². The molecule has 0 radical (unpaired) electrons. The van der Waals surface area contributed by atoms with Crippen molar-refractivity contribution >= 4 is 11.8 Å². The Hall–Kier alpha value is -2.82. The second kappa shape index (κ2) is 9.79. The van der Waals surface area contributed by atoms with Gasteiger partial charge in [0.15, 0.2) is 6.10 Å². The maximum atomic E-state index is 12.7. The molecule has 30 heavy (non-hydrogen) atoms. The minimum atomic E-state index is -0.600. The molecule has 2 aromatic carbocycles. The lowest BCUT2D eigenvalue weighted by molar-refractivity contribution is -0.128. The van der Waals surface area contributed by atoms with E-state index in [1.165, 1.54) is 0 Å². The first kappa shape index (κ1) is 21.9. The van der Waals surface area contributed by atoms with Crippen LogP contribution in [0.2, 0.25) is 0 Å². The summed E-state index contributed by atoms with van der Waals surface area (Å²) in [6.45, 7) is 9.83. The van der Waals surface area contributed by atoms with Gasteiger partial charge in [-0.2, -0.15) is 0 Å². The van der Waals surface area contributed by atoms with E-state index in [-0.39, 0.29) is 11.8 Å². The van der Waals surface area contributed by atoms with Crippen LogP contribution >= 0.6 is 0 Å². The van der Waals surface area contributed by atoms with Crippen LogP contribution in [0.4, 0.5) is 0 Å². The van der Waals surface area contributed by atoms with E-state index in [1.807, 2.05) is 42.2 Å². The van der Waals surface area contributed by atoms with E-state index in [1.54, 1.807) is 6.92 Å². The van der Waals surface area contributed by atoms with Gasteiger partial charge in [-0.1, -0.05) is 50.2 Å². The van der Waals surface area contributed by atoms with Crippen LogP contribution in [0.5, 0.6) is 5.75 Å². The molecule has 5 nitrogen and oxygen atoms in total. The van der Waals surface area contributed by atoms with Crippen LogP contribution in [-0.2, 0) is 22.7 Å². The first-order chi connectivity index (χ1) is 14.3. The second-order valence-electron chi connectivity index (χ2n) is 8.36. The van der Waals surface area contributed by atoms with Crippen LogP contribution < -0.4 is 10.1 Å². The Kier molecular flexibility index (Phi) is 7.14. The van der Waals surface area contributed by atoms with Crippen molar-refractivity contribution in [2.75, 3.05) is 6.54 Å². The summed E-state index contributed by atoms with van der Waals surface area (Å²) in [5, 5.41) is 2.99. The number of likely N-dealkylation sites (tertiary alicyclic amines) is 1. The number of hydrogen-bond acceptors (Lipinski definition) is 3. The monoisotopic (exact) mass is 408 g/mol. The zero-order chi connectivity index (χ0) is 21.7. The molecule has 1 saturated heterocycles. The van der Waals surface area contributed by atoms with Gasteiger partial charge in [-0.25, -0.2) is 0 Å². The molecule has 0 unspecified atom stereocenters. The molecule has 1 heterocycles. The lowest BCUT2D eigenvalue weighted by Crippen LogP contribution is -2.36. The number of nitrogens with one attached hydrogen (secondary N) is 1. The Morgan fingerprint density at radius 3 is 2.53 bits per heavy atom. The fourth-order valence-corrected chi connectivity index (χ4v) is 3.75. The lowest BCUT2D eigenvalue weighted by atomic mass is 10.0. The molecule has 0 aliphatic carbocycles. The van der Waals surface area contributed by atoms with E-state index >= 15 is 0 Å². The summed E-state index contributed by atoms with van der Waals surface area (Å²) in [6.07, 6.45) is 0.950. The summed E-state index contributed by atoms with van der Waals surface area (Å²) in [5.41, 5.74) is 4.30. The van der Waals surface area contributed by atoms with Crippen LogP contribution in [0.15, 0.2) is 42.5 Å². The minimum Gasteiger partial charge on any atom is -0.481 e. The molecular weight excluding hydrogens is 376 g/mol. The van der Waals surface area contributed by atoms with Crippen molar-refractivity contribution in [2.45, 2.75) is 65.6 Å². The molecular formula is C25H32N2O3. The number of rotatable bonds is 8. The zero-order valence-electron chi connectivity index (χ0n) is 18.4. The van der Waals surface area contributed by atoms with Crippen LogP contribution in [0, 0.1) is 6.92 Å². The van der Waals surface area contributed by atoms with Crippen molar-refractivity contribution < 1.29 is 14.3 Å². The molecule has 160 valence electrons. The van der Waals surface area contributed by atoms with Crippen molar-refractivity contribution in [1.29, 1.82) is 0 Å². The number of carbonyl (C=O) groups excluding carboxylic acids is 2. The normalized spacial score (nSPS) is 14.8. The van der Waals surface area contributed by atoms with Crippen LogP contribution in [0.1, 0.15) is 61.8 Å². The molecule has 0 aromatic heterocycles. The first-order valence-corrected chi connectivity index (χ1v) is 10.7. The average Bonchev–Trinajstić information content (AvgIpc) is 3.11. The molecule has 1 atom stereocenters. The third-order valence-corrected chi connectivity index (χ3v) is 5.57. The summed E-state index contributed by atoms with van der Waals surface area (Å²) in [5.74, 6) is 1.13. The molecule has 0 spiro atoms. The van der Waals surface area contributed by atoms with Crippen molar-refractivity contribution in [3.63, 3.8) is 0 Å². The predicted octanol–water partition coefficient (Wildman–Crippen LogP) is 4.32. The van der Waals surface area contributed by atoms with Gasteiger partial charge in [0, 0.05) is 26.1 Å². The summed E-state index contributed by atoms with van der Waals surface area (Å²) >= 11 is 0. The van der Waals surface area contributed by atoms with Gasteiger partial charge in [-0.3, -0.25) is 9.59 Å². The third-order valence-electron chi connectivity index (χ3n) is 5.57. The number of aryl methyl sites for hydroxylation is 1. The molecule has 0 saturated carbocycles. The fraction of sp³-hybridized carbons (Fsp3) is 0.440. The number of nitrogens with zero attached hydrogens (tertiary/aromatic N) is 1. The largest absolute Gasteiger partial charge is 0.481 e. The Morgan fingerprint density at radius 1 is 1.13 bits per heavy atom. The van der Waals surface area contributed by atoms with Crippen LogP contribution in [0.3, 0.4) is 0 Å². The predicted molar refractivity (Wildman–Crippen MR) is 118 cm³/mol. The zero-order valence-corrected chi connectivity index (χ0v) is 18.4. The Labute approximate surface area is 179 Å². The highest BCUT2D eigenvalue weighted by Gasteiger charge is 2.22. The van der Waals surface area contributed by atoms with E-state index in [2.05, 4.69) is 31.3 Å². The van der Waals surface area contributed by atoms with Crippen molar-refractivity contribution in [3.8, 4) is 5.75 Å². The number of amides is 2. The van der Waals surface area contributed by atoms with E-state index in [0.717, 1.165) is 41.0 Å². The molecule has 1 N–H and O–H groups in total. The SMILES string of the molecule is Cc1ccc(C(C)C)c(O[C@H](C)C(=O)NCc2ccccc2CN2CCCC2=O)c1. The number of hydrogen-bond donors (Lipinski definition) is 1. The number of ether oxygens (including phenoxy) is 1. The highest BCUT2D eigenvalue weighted by molar-refractivity contribution is 5.81. The van der Waals surface area contributed by atoms with Gasteiger partial charge in [0.05, 0.1) is 0 Å². The minimum absolute atomic E-state index is 0.154. The molecule has 1 fully saturated rings. The molecule has 1 aliphatic rings. The molecule has 5 heteroatoms. The Morgan fingerprint density at radius 2 is 1.87 bits per heavy atom. The lowest BCUT2D eigenvalue weighted by Gasteiger charge is -2.21. The first-order valence-electron chi connectivity index (χ1n) is 10.7. The molecule has 0 bridgehead atoms. The topological polar surface area (TPSA) is 58.6 Å². The van der Waals surface area contributed by atoms with Gasteiger partial charge in [0.25, 0.3) is 5.91 Å². The van der Waals surface area contributed by atoms with Crippen LogP contribution in [-0.4, -0.2) is 29.4 Å². The quantitative estimate of drug-likeness (QED) is 0.707. The summed E-state index contributed by atoms with van der Waals surface area (Å²) in [7, 11) is 0. The molecule has 1 aliphatic heterocycles. The van der Waals surface area contributed by atoms with Gasteiger partial charge in [0.1, 0.15) is 5.75 Å². The highest BCUT2D eigenvalue weighted by atomic mass is 16.5. The average molecular weight is 409 g/mol. The third kappa shape index (κ3) is 5.41. The van der Waals surface area contributed by atoms with Gasteiger partial charge in [-0.05, 0) is 54.5 Å². The molecule has 2 amide bonds. The Bertz CT molecular complexity index is 907. The molecule has 3 rings (SSSR count). The number of benzene rings is 2. The van der Waals surface area contributed by atoms with Gasteiger partial charge in [0.2, 0.25) is 5.91 Å². The van der Waals surface area contributed by atoms with Gasteiger partial charge < -0.3 is 15.0 Å². The van der Waals surface area contributed by atoms with E-state index < -0.39 is 6.10 Å². The van der Waals surface area contributed by atoms with Gasteiger partial charge >= 0.3 is 0 Å². The standard InChI is InChI=1S/C25H32N2O3/c1-17(2)22-12-11-18(3)14-23(22)30-19(4)25(29)26-15-20-8-5-6-9-21(20)16-27-13-7-10-24(27)28/h5-6,8-9,11-12,14,17,19H,7,10,13,15-16H2,1-4H3,(H,26,29)/t19-/m1/s1. The highest BCUT2D eigenvalue weighted by Crippen LogP contribution is 2.28. The Balaban J connectivity index is 1.62. The van der Waals surface area contributed by atoms with Crippen molar-refractivity contribution in [2.24, 2.45) is 0 Å². The van der Waals surface area contributed by atoms with Crippen molar-refractivity contribution in [1.82, 2.24) is 10.2 Å². The maximum absolute atomic E-state index is 12.7. The number of carbonyl (C=O) groups is 2. The van der Waals surface area contributed by atoms with Gasteiger partial charge in [-0.15, -0.1) is 0 Å².